The Labute approximate surface area is 160 Å². The fraction of sp³-hybridized carbons (Fsp3) is 0.667. The summed E-state index contributed by atoms with van der Waals surface area (Å²) < 4.78 is 0. The van der Waals surface area contributed by atoms with E-state index < -0.39 is 4.92 Å². The van der Waals surface area contributed by atoms with E-state index in [1.165, 1.54) is 50.7 Å². The van der Waals surface area contributed by atoms with Crippen molar-refractivity contribution in [2.45, 2.75) is 45.4 Å². The zero-order chi connectivity index (χ0) is 19.2. The Kier molecular flexibility index (Phi) is 4.70. The first-order valence-electron chi connectivity index (χ1n) is 10.1. The molecule has 6 nitrogen and oxygen atoms in total. The third kappa shape index (κ3) is 3.86. The molecule has 0 aliphatic heterocycles. The predicted octanol–water partition coefficient (Wildman–Crippen LogP) is 3.99. The molecule has 5 rings (SSSR count). The van der Waals surface area contributed by atoms with Crippen LogP contribution in [0.25, 0.3) is 0 Å². The number of nitrogens with one attached hydrogen (secondary N) is 1. The summed E-state index contributed by atoms with van der Waals surface area (Å²) in [5, 5.41) is 13.8. The first-order chi connectivity index (χ1) is 12.8. The van der Waals surface area contributed by atoms with Gasteiger partial charge in [0.05, 0.1) is 17.2 Å². The van der Waals surface area contributed by atoms with Crippen molar-refractivity contribution in [1.82, 2.24) is 4.90 Å². The molecule has 0 unspecified atom stereocenters. The number of aryl methyl sites for hydroxylation is 1. The lowest BCUT2D eigenvalue weighted by atomic mass is 9.49. The molecule has 0 heterocycles. The maximum absolute atomic E-state index is 12.5. The highest BCUT2D eigenvalue weighted by molar-refractivity contribution is 5.93. The van der Waals surface area contributed by atoms with Gasteiger partial charge in [0.15, 0.2) is 0 Å². The van der Waals surface area contributed by atoms with E-state index in [9.17, 15) is 14.9 Å². The van der Waals surface area contributed by atoms with E-state index in [4.69, 9.17) is 0 Å². The minimum Gasteiger partial charge on any atom is -0.324 e. The van der Waals surface area contributed by atoms with Gasteiger partial charge in [-0.05, 0) is 81.2 Å². The summed E-state index contributed by atoms with van der Waals surface area (Å²) in [4.78, 5) is 25.2. The number of benzene rings is 1. The molecule has 1 amide bonds. The summed E-state index contributed by atoms with van der Waals surface area (Å²) in [5.41, 5.74) is 1.76. The molecule has 1 N–H and O–H groups in total. The molecule has 0 saturated heterocycles. The molecule has 4 fully saturated rings. The Balaban J connectivity index is 1.36. The number of amides is 1. The van der Waals surface area contributed by atoms with Crippen LogP contribution in [0.2, 0.25) is 0 Å². The number of anilines is 1. The summed E-state index contributed by atoms with van der Waals surface area (Å²) in [6.07, 6.45) is 8.26. The highest BCUT2D eigenvalue weighted by atomic mass is 16.6. The van der Waals surface area contributed by atoms with Crippen LogP contribution < -0.4 is 5.32 Å². The highest BCUT2D eigenvalue weighted by Crippen LogP contribution is 2.60. The number of nitrogens with zero attached hydrogens (tertiary/aromatic N) is 2. The maximum atomic E-state index is 12.5. The molecule has 0 spiro atoms. The van der Waals surface area contributed by atoms with Crippen LogP contribution in [0, 0.1) is 40.2 Å². The molecule has 0 radical (unpaired) electrons. The van der Waals surface area contributed by atoms with Gasteiger partial charge in [0.2, 0.25) is 5.91 Å². The fourth-order valence-electron chi connectivity index (χ4n) is 6.41. The molecule has 1 aromatic rings. The van der Waals surface area contributed by atoms with Gasteiger partial charge in [-0.15, -0.1) is 0 Å². The van der Waals surface area contributed by atoms with Gasteiger partial charge in [-0.25, -0.2) is 0 Å². The minimum absolute atomic E-state index is 0.00202. The quantitative estimate of drug-likeness (QED) is 0.606. The first kappa shape index (κ1) is 18.4. The third-order valence-corrected chi connectivity index (χ3v) is 6.89. The monoisotopic (exact) mass is 371 g/mol. The van der Waals surface area contributed by atoms with Crippen LogP contribution >= 0.6 is 0 Å². The number of hydrogen-bond donors (Lipinski definition) is 1. The van der Waals surface area contributed by atoms with Gasteiger partial charge in [-0.1, -0.05) is 6.07 Å². The topological polar surface area (TPSA) is 75.5 Å². The number of carbonyl (C=O) groups is 1. The lowest BCUT2D eigenvalue weighted by Gasteiger charge is -2.57. The smallest absolute Gasteiger partial charge is 0.271 e. The van der Waals surface area contributed by atoms with Crippen molar-refractivity contribution in [3.63, 3.8) is 0 Å². The van der Waals surface area contributed by atoms with Crippen molar-refractivity contribution in [1.29, 1.82) is 0 Å². The Morgan fingerprint density at radius 2 is 1.81 bits per heavy atom. The fourth-order valence-corrected chi connectivity index (χ4v) is 6.41. The number of nitro benzene ring substituents is 1. The Bertz CT molecular complexity index is 726. The van der Waals surface area contributed by atoms with E-state index in [1.807, 2.05) is 14.0 Å². The Morgan fingerprint density at radius 3 is 2.37 bits per heavy atom. The normalized spacial score (nSPS) is 31.3. The zero-order valence-electron chi connectivity index (χ0n) is 16.2. The molecule has 1 aromatic carbocycles. The van der Waals surface area contributed by atoms with Gasteiger partial charge in [0.1, 0.15) is 0 Å². The Morgan fingerprint density at radius 1 is 1.22 bits per heavy atom. The van der Waals surface area contributed by atoms with Gasteiger partial charge < -0.3 is 5.32 Å². The van der Waals surface area contributed by atoms with Crippen molar-refractivity contribution >= 4 is 17.3 Å². The molecule has 4 bridgehead atoms. The molecule has 146 valence electrons. The van der Waals surface area contributed by atoms with E-state index in [1.54, 1.807) is 6.07 Å². The van der Waals surface area contributed by atoms with Gasteiger partial charge in [-0.2, -0.15) is 0 Å². The molecule has 4 saturated carbocycles. The standard InChI is InChI=1S/C21H29N3O3/c1-14-3-4-18(24(26)27)8-19(14)22-20(25)12-23(2)13-21-9-15-5-16(10-21)7-17(6-15)11-21/h3-4,8,15-17H,5-7,9-13H2,1-2H3,(H,22,25). The molecule has 0 aromatic heterocycles. The van der Waals surface area contributed by atoms with E-state index in [2.05, 4.69) is 10.2 Å². The molecule has 4 aliphatic carbocycles. The lowest BCUT2D eigenvalue weighted by Crippen LogP contribution is -2.51. The number of rotatable bonds is 6. The number of likely N-dealkylation sites (N-methyl/N-ethyl adjacent to an activating group) is 1. The van der Waals surface area contributed by atoms with Gasteiger partial charge in [-0.3, -0.25) is 19.8 Å². The average Bonchev–Trinajstić information content (AvgIpc) is 2.54. The molecule has 0 atom stereocenters. The zero-order valence-corrected chi connectivity index (χ0v) is 16.2. The van der Waals surface area contributed by atoms with Crippen LogP contribution in [0.5, 0.6) is 0 Å². The van der Waals surface area contributed by atoms with Crippen LogP contribution in [0.1, 0.15) is 44.1 Å². The summed E-state index contributed by atoms with van der Waals surface area (Å²) in [6, 6.07) is 4.57. The summed E-state index contributed by atoms with van der Waals surface area (Å²) in [6.45, 7) is 3.15. The number of carbonyl (C=O) groups excluding carboxylic acids is 1. The Hall–Kier alpha value is -1.95. The SMILES string of the molecule is Cc1ccc([N+](=O)[O-])cc1NC(=O)CN(C)CC12CC3CC(CC(C3)C1)C2. The average molecular weight is 371 g/mol. The summed E-state index contributed by atoms with van der Waals surface area (Å²) in [5.74, 6) is 2.62. The van der Waals surface area contributed by atoms with Crippen LogP contribution in [0.15, 0.2) is 18.2 Å². The molecule has 4 aliphatic rings. The maximum Gasteiger partial charge on any atom is 0.271 e. The van der Waals surface area contributed by atoms with E-state index >= 15 is 0 Å². The first-order valence-corrected chi connectivity index (χ1v) is 10.1. The third-order valence-electron chi connectivity index (χ3n) is 6.89. The van der Waals surface area contributed by atoms with Crippen molar-refractivity contribution < 1.29 is 9.72 Å². The summed E-state index contributed by atoms with van der Waals surface area (Å²) in [7, 11) is 2.03. The van der Waals surface area contributed by atoms with Crippen LogP contribution in [-0.2, 0) is 4.79 Å². The number of non-ortho nitro benzene ring substituents is 1. The molecular formula is C21H29N3O3. The number of hydrogen-bond acceptors (Lipinski definition) is 4. The summed E-state index contributed by atoms with van der Waals surface area (Å²) >= 11 is 0. The van der Waals surface area contributed by atoms with Gasteiger partial charge in [0.25, 0.3) is 5.69 Å². The van der Waals surface area contributed by atoms with Crippen molar-refractivity contribution in [3.8, 4) is 0 Å². The largest absolute Gasteiger partial charge is 0.324 e. The van der Waals surface area contributed by atoms with E-state index in [0.717, 1.165) is 29.9 Å². The van der Waals surface area contributed by atoms with Crippen molar-refractivity contribution in [3.05, 3.63) is 33.9 Å². The molecule has 27 heavy (non-hydrogen) atoms. The second-order valence-electron chi connectivity index (χ2n) is 9.39. The minimum atomic E-state index is -0.436. The van der Waals surface area contributed by atoms with Crippen molar-refractivity contribution in [2.75, 3.05) is 25.5 Å². The second-order valence-corrected chi connectivity index (χ2v) is 9.39. The lowest BCUT2D eigenvalue weighted by molar-refractivity contribution is -0.384. The van der Waals surface area contributed by atoms with Crippen molar-refractivity contribution in [2.24, 2.45) is 23.2 Å². The van der Waals surface area contributed by atoms with Gasteiger partial charge in [0, 0.05) is 18.7 Å². The van der Waals surface area contributed by atoms with Crippen LogP contribution in [-0.4, -0.2) is 35.9 Å². The number of nitro groups is 1. The van der Waals surface area contributed by atoms with Gasteiger partial charge >= 0.3 is 0 Å². The predicted molar refractivity (Wildman–Crippen MR) is 105 cm³/mol. The van der Waals surface area contributed by atoms with E-state index in [0.29, 0.717) is 17.6 Å². The van der Waals surface area contributed by atoms with Crippen LogP contribution in [0.4, 0.5) is 11.4 Å². The molecule has 6 heteroatoms. The van der Waals surface area contributed by atoms with E-state index in [-0.39, 0.29) is 11.6 Å². The highest BCUT2D eigenvalue weighted by Gasteiger charge is 2.51. The van der Waals surface area contributed by atoms with Crippen LogP contribution in [0.3, 0.4) is 0 Å². The molecular weight excluding hydrogens is 342 g/mol. The second kappa shape index (κ2) is 6.89.